The molecule has 0 aliphatic heterocycles. The lowest BCUT2D eigenvalue weighted by Gasteiger charge is -2.11. The molecular weight excluding hydrogens is 402 g/mol. The number of hydrogen-bond acceptors (Lipinski definition) is 8. The predicted octanol–water partition coefficient (Wildman–Crippen LogP) is 4.65. The molecule has 2 aromatic heterocycles. The zero-order valence-electron chi connectivity index (χ0n) is 15.8. The molecule has 0 aliphatic rings. The van der Waals surface area contributed by atoms with Crippen LogP contribution in [0.25, 0.3) is 0 Å². The second kappa shape index (κ2) is 8.79. The summed E-state index contributed by atoms with van der Waals surface area (Å²) in [5.74, 6) is -0.160. The minimum atomic E-state index is -0.365. The molecule has 2 aromatic carbocycles. The van der Waals surface area contributed by atoms with Crippen molar-refractivity contribution in [1.29, 1.82) is 5.26 Å². The molecule has 2 heterocycles. The Morgan fingerprint density at radius 2 is 1.03 bits per heavy atom. The van der Waals surface area contributed by atoms with Crippen molar-refractivity contribution in [2.24, 2.45) is 0 Å². The van der Waals surface area contributed by atoms with E-state index in [1.165, 1.54) is 30.5 Å². The summed E-state index contributed by atoms with van der Waals surface area (Å²) in [5.41, 5.74) is 1.99. The van der Waals surface area contributed by atoms with Crippen molar-refractivity contribution in [1.82, 2.24) is 19.9 Å². The molecule has 0 spiro atoms. The summed E-state index contributed by atoms with van der Waals surface area (Å²) in [6.45, 7) is 0. The Hall–Kier alpha value is -4.65. The van der Waals surface area contributed by atoms with Gasteiger partial charge in [-0.2, -0.15) is 20.2 Å². The third kappa shape index (κ3) is 5.24. The van der Waals surface area contributed by atoms with Crippen molar-refractivity contribution in [2.45, 2.75) is 0 Å². The van der Waals surface area contributed by atoms with Crippen LogP contribution in [0.1, 0.15) is 5.69 Å². The van der Waals surface area contributed by atoms with E-state index in [0.29, 0.717) is 17.1 Å². The van der Waals surface area contributed by atoms with Gasteiger partial charge in [-0.3, -0.25) is 0 Å². The number of pyridine rings is 1. The van der Waals surface area contributed by atoms with Gasteiger partial charge in [-0.15, -0.1) is 0 Å². The van der Waals surface area contributed by atoms with Gasteiger partial charge in [0.05, 0.1) is 11.9 Å². The second-order valence-corrected chi connectivity index (χ2v) is 6.24. The van der Waals surface area contributed by atoms with Gasteiger partial charge in [-0.05, 0) is 60.7 Å². The van der Waals surface area contributed by atoms with Crippen LogP contribution in [-0.2, 0) is 0 Å². The Kier molecular flexibility index (Phi) is 5.57. The van der Waals surface area contributed by atoms with Gasteiger partial charge < -0.3 is 16.0 Å². The molecule has 0 saturated carbocycles. The minimum Gasteiger partial charge on any atom is -0.324 e. The SMILES string of the molecule is N#Cc1ccc(Nc2nc(Nc3ccc(F)cc3)nc(Nc3ccc(F)cc3)n2)cn1. The van der Waals surface area contributed by atoms with Crippen LogP contribution in [0.5, 0.6) is 0 Å². The quantitative estimate of drug-likeness (QED) is 0.417. The van der Waals surface area contributed by atoms with E-state index in [1.807, 2.05) is 6.07 Å². The summed E-state index contributed by atoms with van der Waals surface area (Å²) in [7, 11) is 0. The maximum absolute atomic E-state index is 13.2. The van der Waals surface area contributed by atoms with Crippen molar-refractivity contribution in [3.8, 4) is 6.07 Å². The number of nitrogens with zero attached hydrogens (tertiary/aromatic N) is 5. The number of rotatable bonds is 6. The van der Waals surface area contributed by atoms with E-state index in [0.717, 1.165) is 0 Å². The molecule has 0 bridgehead atoms. The Bertz CT molecular complexity index is 1150. The number of nitrogens with one attached hydrogen (secondary N) is 3. The summed E-state index contributed by atoms with van der Waals surface area (Å²) < 4.78 is 26.4. The molecule has 31 heavy (non-hydrogen) atoms. The fourth-order valence-electron chi connectivity index (χ4n) is 2.53. The molecule has 0 saturated heterocycles. The number of aromatic nitrogens is 4. The molecule has 10 heteroatoms. The van der Waals surface area contributed by atoms with Crippen molar-refractivity contribution in [3.63, 3.8) is 0 Å². The van der Waals surface area contributed by atoms with Gasteiger partial charge in [0.15, 0.2) is 0 Å². The number of benzene rings is 2. The van der Waals surface area contributed by atoms with Crippen LogP contribution in [0.15, 0.2) is 66.9 Å². The standard InChI is InChI=1S/C21H14F2N8/c22-13-1-5-15(6-2-13)26-19-29-20(27-16-7-3-14(23)4-8-16)31-21(30-19)28-18-10-9-17(11-24)25-12-18/h1-10,12H,(H3,26,27,28,29,30,31). The summed E-state index contributed by atoms with van der Waals surface area (Å²) >= 11 is 0. The van der Waals surface area contributed by atoms with Crippen molar-refractivity contribution in [3.05, 3.63) is 84.2 Å². The minimum absolute atomic E-state index is 0.190. The van der Waals surface area contributed by atoms with E-state index in [4.69, 9.17) is 5.26 Å². The summed E-state index contributed by atoms with van der Waals surface area (Å²) in [5, 5.41) is 17.8. The molecule has 3 N–H and O–H groups in total. The maximum Gasteiger partial charge on any atom is 0.233 e. The van der Waals surface area contributed by atoms with Gasteiger partial charge in [0.25, 0.3) is 0 Å². The lowest BCUT2D eigenvalue weighted by atomic mass is 10.3. The van der Waals surface area contributed by atoms with Crippen LogP contribution in [-0.4, -0.2) is 19.9 Å². The monoisotopic (exact) mass is 416 g/mol. The molecule has 0 fully saturated rings. The molecule has 0 amide bonds. The van der Waals surface area contributed by atoms with Gasteiger partial charge in [0, 0.05) is 11.4 Å². The molecule has 4 aromatic rings. The predicted molar refractivity (Wildman–Crippen MR) is 111 cm³/mol. The highest BCUT2D eigenvalue weighted by molar-refractivity contribution is 5.61. The van der Waals surface area contributed by atoms with Crippen LogP contribution in [0, 0.1) is 23.0 Å². The van der Waals surface area contributed by atoms with Crippen molar-refractivity contribution >= 4 is 34.9 Å². The number of halogens is 2. The summed E-state index contributed by atoms with van der Waals surface area (Å²) in [6.07, 6.45) is 1.47. The van der Waals surface area contributed by atoms with Gasteiger partial charge >= 0.3 is 0 Å². The lowest BCUT2D eigenvalue weighted by Crippen LogP contribution is -2.07. The molecular formula is C21H14F2N8. The lowest BCUT2D eigenvalue weighted by molar-refractivity contribution is 0.627. The van der Waals surface area contributed by atoms with Crippen LogP contribution >= 0.6 is 0 Å². The molecule has 0 unspecified atom stereocenters. The number of nitriles is 1. The van der Waals surface area contributed by atoms with Crippen molar-refractivity contribution in [2.75, 3.05) is 16.0 Å². The highest BCUT2D eigenvalue weighted by atomic mass is 19.1. The van der Waals surface area contributed by atoms with Gasteiger partial charge in [0.1, 0.15) is 23.4 Å². The summed E-state index contributed by atoms with van der Waals surface area (Å²) in [6, 6.07) is 16.6. The average molecular weight is 416 g/mol. The van der Waals surface area contributed by atoms with E-state index < -0.39 is 0 Å². The Labute approximate surface area is 175 Å². The molecule has 0 aliphatic carbocycles. The highest BCUT2D eigenvalue weighted by Crippen LogP contribution is 2.21. The van der Waals surface area contributed by atoms with Gasteiger partial charge in [-0.25, -0.2) is 13.8 Å². The van der Waals surface area contributed by atoms with Gasteiger partial charge in [-0.1, -0.05) is 0 Å². The molecule has 8 nitrogen and oxygen atoms in total. The van der Waals surface area contributed by atoms with Crippen LogP contribution in [0.2, 0.25) is 0 Å². The number of hydrogen-bond donors (Lipinski definition) is 3. The average Bonchev–Trinajstić information content (AvgIpc) is 2.77. The van der Waals surface area contributed by atoms with E-state index in [2.05, 4.69) is 35.9 Å². The smallest absolute Gasteiger partial charge is 0.233 e. The van der Waals surface area contributed by atoms with E-state index in [-0.39, 0.29) is 35.2 Å². The Morgan fingerprint density at radius 1 is 0.613 bits per heavy atom. The van der Waals surface area contributed by atoms with Crippen LogP contribution in [0.3, 0.4) is 0 Å². The molecule has 152 valence electrons. The molecule has 4 rings (SSSR count). The first kappa shape index (κ1) is 19.7. The van der Waals surface area contributed by atoms with Crippen LogP contribution < -0.4 is 16.0 Å². The topological polar surface area (TPSA) is 111 Å². The van der Waals surface area contributed by atoms with Crippen molar-refractivity contribution < 1.29 is 8.78 Å². The molecule has 0 atom stereocenters. The third-order valence-electron chi connectivity index (χ3n) is 3.97. The van der Waals surface area contributed by atoms with E-state index >= 15 is 0 Å². The fourth-order valence-corrected chi connectivity index (χ4v) is 2.53. The fraction of sp³-hybridized carbons (Fsp3) is 0. The largest absolute Gasteiger partial charge is 0.324 e. The van der Waals surface area contributed by atoms with Crippen LogP contribution in [0.4, 0.5) is 43.7 Å². The second-order valence-electron chi connectivity index (χ2n) is 6.24. The first-order chi connectivity index (χ1) is 15.1. The maximum atomic E-state index is 13.2. The Morgan fingerprint density at radius 3 is 1.42 bits per heavy atom. The highest BCUT2D eigenvalue weighted by Gasteiger charge is 2.09. The first-order valence-electron chi connectivity index (χ1n) is 9.02. The summed E-state index contributed by atoms with van der Waals surface area (Å²) in [4.78, 5) is 16.9. The van der Waals surface area contributed by atoms with E-state index in [1.54, 1.807) is 36.4 Å². The first-order valence-corrected chi connectivity index (χ1v) is 9.02. The normalized spacial score (nSPS) is 10.2. The van der Waals surface area contributed by atoms with E-state index in [9.17, 15) is 8.78 Å². The molecule has 0 radical (unpaired) electrons. The zero-order valence-corrected chi connectivity index (χ0v) is 15.8. The van der Waals surface area contributed by atoms with Gasteiger partial charge in [0.2, 0.25) is 17.8 Å². The third-order valence-corrected chi connectivity index (χ3v) is 3.97. The zero-order chi connectivity index (χ0) is 21.6. The Balaban J connectivity index is 1.63. The number of anilines is 6.